The number of hydrogen-bond acceptors (Lipinski definition) is 4. The minimum Gasteiger partial charge on any atom is -0.445 e. The van der Waals surface area contributed by atoms with Crippen LogP contribution >= 0.6 is 0 Å². The average Bonchev–Trinajstić information content (AvgIpc) is 2.54. The largest absolute Gasteiger partial charge is 0.445 e. The molecule has 1 aromatic rings. The molecule has 8 heteroatoms. The summed E-state index contributed by atoms with van der Waals surface area (Å²) in [5.41, 5.74) is -0.00544. The molecule has 2 rings (SSSR count). The molecular formula is C18H24F2N2O4. The maximum atomic E-state index is 14.1. The van der Waals surface area contributed by atoms with Gasteiger partial charge in [0.15, 0.2) is 0 Å². The third-order valence-corrected chi connectivity index (χ3v) is 3.78. The van der Waals surface area contributed by atoms with Crippen molar-refractivity contribution in [3.8, 4) is 0 Å². The summed E-state index contributed by atoms with van der Waals surface area (Å²) >= 11 is 0. The molecule has 1 saturated heterocycles. The number of likely N-dealkylation sites (tertiary alicyclic amines) is 1. The van der Waals surface area contributed by atoms with Crippen molar-refractivity contribution in [2.45, 2.75) is 51.4 Å². The summed E-state index contributed by atoms with van der Waals surface area (Å²) < 4.78 is 38.4. The minimum absolute atomic E-state index is 0.0523. The second-order valence-corrected chi connectivity index (χ2v) is 7.20. The van der Waals surface area contributed by atoms with Crippen LogP contribution < -0.4 is 5.32 Å². The number of ether oxygens (including phenoxy) is 2. The molecular weight excluding hydrogens is 346 g/mol. The zero-order valence-corrected chi connectivity index (χ0v) is 15.1. The Hall–Kier alpha value is -2.38. The van der Waals surface area contributed by atoms with Crippen LogP contribution in [-0.4, -0.2) is 47.7 Å². The summed E-state index contributed by atoms with van der Waals surface area (Å²) in [5, 5.41) is 2.16. The third-order valence-electron chi connectivity index (χ3n) is 3.78. The highest BCUT2D eigenvalue weighted by Crippen LogP contribution is 2.29. The van der Waals surface area contributed by atoms with Gasteiger partial charge in [0, 0.05) is 13.0 Å². The first-order valence-corrected chi connectivity index (χ1v) is 8.40. The number of carbonyl (C=O) groups is 2. The number of alkyl halides is 2. The minimum atomic E-state index is -3.13. The van der Waals surface area contributed by atoms with Gasteiger partial charge >= 0.3 is 12.2 Å². The number of alkyl carbamates (subject to hydrolysis) is 1. The number of hydrogen-bond donors (Lipinski definition) is 1. The summed E-state index contributed by atoms with van der Waals surface area (Å²) in [6.07, 6.45) is -2.20. The fraction of sp³-hybridized carbons (Fsp3) is 0.556. The zero-order valence-electron chi connectivity index (χ0n) is 15.1. The van der Waals surface area contributed by atoms with E-state index in [4.69, 9.17) is 9.47 Å². The van der Waals surface area contributed by atoms with E-state index < -0.39 is 36.2 Å². The molecule has 1 aliphatic rings. The molecule has 0 spiro atoms. The molecule has 2 amide bonds. The molecule has 1 heterocycles. The SMILES string of the molecule is CC(C)(C)OC(=O)N[C@H]1CN(C(=O)OCc2ccccc2)CCC1(F)F. The van der Waals surface area contributed by atoms with E-state index in [9.17, 15) is 18.4 Å². The highest BCUT2D eigenvalue weighted by molar-refractivity contribution is 5.70. The molecule has 1 aromatic carbocycles. The highest BCUT2D eigenvalue weighted by atomic mass is 19.3. The van der Waals surface area contributed by atoms with Crippen LogP contribution in [0.2, 0.25) is 0 Å². The van der Waals surface area contributed by atoms with E-state index in [0.29, 0.717) is 0 Å². The van der Waals surface area contributed by atoms with Crippen LogP contribution in [0.1, 0.15) is 32.8 Å². The van der Waals surface area contributed by atoms with Crippen LogP contribution in [-0.2, 0) is 16.1 Å². The Morgan fingerprint density at radius 2 is 1.92 bits per heavy atom. The van der Waals surface area contributed by atoms with Crippen molar-refractivity contribution >= 4 is 12.2 Å². The lowest BCUT2D eigenvalue weighted by molar-refractivity contribution is -0.0816. The van der Waals surface area contributed by atoms with Crippen LogP contribution in [0.25, 0.3) is 0 Å². The van der Waals surface area contributed by atoms with Crippen LogP contribution in [0.3, 0.4) is 0 Å². The standard InChI is InChI=1S/C18H24F2N2O4/c1-17(2,3)26-15(23)21-14-11-22(10-9-18(14,19)20)16(24)25-12-13-7-5-4-6-8-13/h4-8,14H,9-12H2,1-3H3,(H,21,23)/t14-/m0/s1. The van der Waals surface area contributed by atoms with Crippen molar-refractivity contribution in [3.63, 3.8) is 0 Å². The number of amides is 2. The Morgan fingerprint density at radius 3 is 2.54 bits per heavy atom. The fourth-order valence-electron chi connectivity index (χ4n) is 2.48. The molecule has 6 nitrogen and oxygen atoms in total. The Kier molecular flexibility index (Phi) is 6.05. The van der Waals surface area contributed by atoms with E-state index >= 15 is 0 Å². The molecule has 0 aliphatic carbocycles. The maximum absolute atomic E-state index is 14.1. The van der Waals surface area contributed by atoms with Gasteiger partial charge in [0.2, 0.25) is 0 Å². The summed E-state index contributed by atoms with van der Waals surface area (Å²) in [6, 6.07) is 7.52. The van der Waals surface area contributed by atoms with E-state index in [0.717, 1.165) is 5.56 Å². The second-order valence-electron chi connectivity index (χ2n) is 7.20. The van der Waals surface area contributed by atoms with Crippen molar-refractivity contribution in [2.75, 3.05) is 13.1 Å². The highest BCUT2D eigenvalue weighted by Gasteiger charge is 2.46. The van der Waals surface area contributed by atoms with Crippen molar-refractivity contribution < 1.29 is 27.8 Å². The topological polar surface area (TPSA) is 67.9 Å². The van der Waals surface area contributed by atoms with Crippen molar-refractivity contribution in [2.24, 2.45) is 0 Å². The Labute approximate surface area is 151 Å². The molecule has 0 bridgehead atoms. The molecule has 1 atom stereocenters. The van der Waals surface area contributed by atoms with Gasteiger partial charge in [-0.3, -0.25) is 0 Å². The van der Waals surface area contributed by atoms with Crippen molar-refractivity contribution in [1.82, 2.24) is 10.2 Å². The van der Waals surface area contributed by atoms with Gasteiger partial charge in [-0.25, -0.2) is 18.4 Å². The Bertz CT molecular complexity index is 632. The zero-order chi connectivity index (χ0) is 19.4. The number of rotatable bonds is 3. The van der Waals surface area contributed by atoms with Crippen molar-refractivity contribution in [1.29, 1.82) is 0 Å². The molecule has 0 unspecified atom stereocenters. The lowest BCUT2D eigenvalue weighted by Gasteiger charge is -2.38. The molecule has 1 N–H and O–H groups in total. The molecule has 144 valence electrons. The molecule has 1 fully saturated rings. The molecule has 1 aliphatic heterocycles. The predicted molar refractivity (Wildman–Crippen MR) is 90.9 cm³/mol. The van der Waals surface area contributed by atoms with E-state index in [2.05, 4.69) is 5.32 Å². The van der Waals surface area contributed by atoms with E-state index in [1.807, 2.05) is 18.2 Å². The first kappa shape index (κ1) is 19.9. The summed E-state index contributed by atoms with van der Waals surface area (Å²) in [7, 11) is 0. The Balaban J connectivity index is 1.93. The number of nitrogens with zero attached hydrogens (tertiary/aromatic N) is 1. The first-order valence-electron chi connectivity index (χ1n) is 8.40. The second kappa shape index (κ2) is 7.88. The number of nitrogens with one attached hydrogen (secondary N) is 1. The van der Waals surface area contributed by atoms with E-state index in [-0.39, 0.29) is 19.7 Å². The number of benzene rings is 1. The van der Waals surface area contributed by atoms with Crippen LogP contribution in [0.15, 0.2) is 30.3 Å². The van der Waals surface area contributed by atoms with Crippen LogP contribution in [0.5, 0.6) is 0 Å². The lowest BCUT2D eigenvalue weighted by atomic mass is 10.0. The molecule has 26 heavy (non-hydrogen) atoms. The summed E-state index contributed by atoms with van der Waals surface area (Å²) in [6.45, 7) is 4.47. The Morgan fingerprint density at radius 1 is 1.27 bits per heavy atom. The van der Waals surface area contributed by atoms with Gasteiger partial charge in [0.05, 0.1) is 6.54 Å². The first-order chi connectivity index (χ1) is 12.1. The number of carbonyl (C=O) groups excluding carboxylic acids is 2. The van der Waals surface area contributed by atoms with Gasteiger partial charge in [-0.2, -0.15) is 0 Å². The fourth-order valence-corrected chi connectivity index (χ4v) is 2.48. The predicted octanol–water partition coefficient (Wildman–Crippen LogP) is 3.56. The van der Waals surface area contributed by atoms with Gasteiger partial charge in [0.25, 0.3) is 5.92 Å². The maximum Gasteiger partial charge on any atom is 0.410 e. The van der Waals surface area contributed by atoms with Gasteiger partial charge < -0.3 is 19.7 Å². The summed E-state index contributed by atoms with van der Waals surface area (Å²) in [4.78, 5) is 25.1. The van der Waals surface area contributed by atoms with Crippen molar-refractivity contribution in [3.05, 3.63) is 35.9 Å². The lowest BCUT2D eigenvalue weighted by Crippen LogP contribution is -2.60. The van der Waals surface area contributed by atoms with E-state index in [1.165, 1.54) is 4.90 Å². The number of halogens is 2. The summed E-state index contributed by atoms with van der Waals surface area (Å²) in [5.74, 6) is -3.13. The van der Waals surface area contributed by atoms with Gasteiger partial charge in [-0.05, 0) is 26.3 Å². The van der Waals surface area contributed by atoms with Gasteiger partial charge in [0.1, 0.15) is 18.2 Å². The van der Waals surface area contributed by atoms with E-state index in [1.54, 1.807) is 32.9 Å². The smallest absolute Gasteiger partial charge is 0.410 e. The van der Waals surface area contributed by atoms with Gasteiger partial charge in [-0.1, -0.05) is 30.3 Å². The van der Waals surface area contributed by atoms with Crippen LogP contribution in [0.4, 0.5) is 18.4 Å². The quantitative estimate of drug-likeness (QED) is 0.883. The van der Waals surface area contributed by atoms with Crippen LogP contribution in [0, 0.1) is 0 Å². The third kappa shape index (κ3) is 5.86. The molecule has 0 radical (unpaired) electrons. The average molecular weight is 370 g/mol. The molecule has 0 saturated carbocycles. The molecule has 0 aromatic heterocycles. The van der Waals surface area contributed by atoms with Gasteiger partial charge in [-0.15, -0.1) is 0 Å². The monoisotopic (exact) mass is 370 g/mol. The normalized spacial score (nSPS) is 19.6. The number of piperidine rings is 1.